The van der Waals surface area contributed by atoms with Gasteiger partial charge in [-0.3, -0.25) is 0 Å². The van der Waals surface area contributed by atoms with Crippen LogP contribution in [-0.4, -0.2) is 32.8 Å². The van der Waals surface area contributed by atoms with Gasteiger partial charge in [0.1, 0.15) is 5.75 Å². The highest BCUT2D eigenvalue weighted by molar-refractivity contribution is 5.55. The Morgan fingerprint density at radius 2 is 1.83 bits per heavy atom. The average Bonchev–Trinajstić information content (AvgIpc) is 3.05. The van der Waals surface area contributed by atoms with Gasteiger partial charge in [0.05, 0.1) is 19.1 Å². The summed E-state index contributed by atoms with van der Waals surface area (Å²) in [4.78, 5) is 12.4. The summed E-state index contributed by atoms with van der Waals surface area (Å²) in [6, 6.07) is 9.37. The van der Waals surface area contributed by atoms with Crippen molar-refractivity contribution in [2.75, 3.05) is 6.61 Å². The van der Waals surface area contributed by atoms with Gasteiger partial charge in [-0.15, -0.1) is 0 Å². The second kappa shape index (κ2) is 7.65. The number of ether oxygens (including phenoxy) is 2. The number of rotatable bonds is 7. The lowest BCUT2D eigenvalue weighted by molar-refractivity contribution is 0.0773. The standard InChI is InChI=1S/C17H18N4O3/c1-12(2)22-11-8-15-20-16(21-24-15)13-4-6-14(7-5-13)23-17-18-9-3-10-19-17/h3-7,9-10,12H,8,11H2,1-2H3. The molecule has 0 saturated carbocycles. The highest BCUT2D eigenvalue weighted by Crippen LogP contribution is 2.22. The fraction of sp³-hybridized carbons (Fsp3) is 0.294. The molecule has 0 amide bonds. The minimum Gasteiger partial charge on any atom is -0.424 e. The molecule has 0 aliphatic heterocycles. The van der Waals surface area contributed by atoms with Crippen molar-refractivity contribution >= 4 is 0 Å². The third kappa shape index (κ3) is 4.36. The van der Waals surface area contributed by atoms with Crippen LogP contribution in [0.4, 0.5) is 0 Å². The van der Waals surface area contributed by atoms with E-state index in [9.17, 15) is 0 Å². The van der Waals surface area contributed by atoms with E-state index in [4.69, 9.17) is 14.0 Å². The zero-order chi connectivity index (χ0) is 16.8. The second-order valence-corrected chi connectivity index (χ2v) is 5.34. The molecular weight excluding hydrogens is 308 g/mol. The number of nitrogens with zero attached hydrogens (tertiary/aromatic N) is 4. The topological polar surface area (TPSA) is 83.2 Å². The van der Waals surface area contributed by atoms with Crippen molar-refractivity contribution in [3.05, 3.63) is 48.6 Å². The molecule has 124 valence electrons. The molecule has 0 atom stereocenters. The molecule has 24 heavy (non-hydrogen) atoms. The molecule has 0 aliphatic rings. The first-order valence-electron chi connectivity index (χ1n) is 7.70. The first-order valence-corrected chi connectivity index (χ1v) is 7.70. The van der Waals surface area contributed by atoms with Gasteiger partial charge in [-0.1, -0.05) is 5.16 Å². The van der Waals surface area contributed by atoms with Crippen molar-refractivity contribution in [2.24, 2.45) is 0 Å². The lowest BCUT2D eigenvalue weighted by atomic mass is 10.2. The smallest absolute Gasteiger partial charge is 0.321 e. The SMILES string of the molecule is CC(C)OCCc1nc(-c2ccc(Oc3ncccn3)cc2)no1. The molecule has 1 aromatic carbocycles. The molecule has 7 heteroatoms. The van der Waals surface area contributed by atoms with Crippen LogP contribution in [0.2, 0.25) is 0 Å². The Kier molecular flexibility index (Phi) is 5.12. The molecule has 0 aliphatic carbocycles. The maximum atomic E-state index is 5.55. The molecule has 0 bridgehead atoms. The van der Waals surface area contributed by atoms with Crippen molar-refractivity contribution in [1.29, 1.82) is 0 Å². The normalized spacial score (nSPS) is 11.0. The van der Waals surface area contributed by atoms with E-state index in [-0.39, 0.29) is 6.10 Å². The molecule has 0 N–H and O–H groups in total. The fourth-order valence-electron chi connectivity index (χ4n) is 1.97. The van der Waals surface area contributed by atoms with Gasteiger partial charge in [-0.2, -0.15) is 4.98 Å². The molecule has 3 rings (SSSR count). The summed E-state index contributed by atoms with van der Waals surface area (Å²) in [7, 11) is 0. The van der Waals surface area contributed by atoms with Crippen LogP contribution in [0.15, 0.2) is 47.2 Å². The third-order valence-electron chi connectivity index (χ3n) is 3.10. The third-order valence-corrected chi connectivity index (χ3v) is 3.10. The largest absolute Gasteiger partial charge is 0.424 e. The Balaban J connectivity index is 1.62. The highest BCUT2D eigenvalue weighted by atomic mass is 16.5. The zero-order valence-corrected chi connectivity index (χ0v) is 13.5. The monoisotopic (exact) mass is 326 g/mol. The molecule has 0 saturated heterocycles. The predicted molar refractivity (Wildman–Crippen MR) is 86.6 cm³/mol. The molecule has 0 fully saturated rings. The maximum Gasteiger partial charge on any atom is 0.321 e. The van der Waals surface area contributed by atoms with Gasteiger partial charge in [0.2, 0.25) is 11.7 Å². The molecule has 0 spiro atoms. The van der Waals surface area contributed by atoms with Crippen molar-refractivity contribution in [3.63, 3.8) is 0 Å². The van der Waals surface area contributed by atoms with Crippen LogP contribution in [0.25, 0.3) is 11.4 Å². The fourth-order valence-corrected chi connectivity index (χ4v) is 1.97. The molecule has 3 aromatic rings. The zero-order valence-electron chi connectivity index (χ0n) is 13.5. The predicted octanol–water partition coefficient (Wildman–Crippen LogP) is 3.29. The molecule has 7 nitrogen and oxygen atoms in total. The molecule has 2 heterocycles. The number of aromatic nitrogens is 4. The highest BCUT2D eigenvalue weighted by Gasteiger charge is 2.09. The Labute approximate surface area is 139 Å². The van der Waals surface area contributed by atoms with Crippen LogP contribution >= 0.6 is 0 Å². The minimum absolute atomic E-state index is 0.188. The van der Waals surface area contributed by atoms with Crippen molar-refractivity contribution in [2.45, 2.75) is 26.4 Å². The van der Waals surface area contributed by atoms with Crippen molar-refractivity contribution in [3.8, 4) is 23.1 Å². The average molecular weight is 326 g/mol. The lowest BCUT2D eigenvalue weighted by Gasteiger charge is -2.04. The quantitative estimate of drug-likeness (QED) is 0.658. The van der Waals surface area contributed by atoms with E-state index in [0.717, 1.165) is 5.56 Å². The van der Waals surface area contributed by atoms with Gasteiger partial charge >= 0.3 is 6.01 Å². The Morgan fingerprint density at radius 1 is 1.08 bits per heavy atom. The van der Waals surface area contributed by atoms with Crippen LogP contribution in [0.1, 0.15) is 19.7 Å². The van der Waals surface area contributed by atoms with E-state index in [2.05, 4.69) is 20.1 Å². The minimum atomic E-state index is 0.188. The van der Waals surface area contributed by atoms with Gasteiger partial charge in [0, 0.05) is 18.0 Å². The number of hydrogen-bond donors (Lipinski definition) is 0. The molecule has 0 radical (unpaired) electrons. The summed E-state index contributed by atoms with van der Waals surface area (Å²) in [6.45, 7) is 4.54. The van der Waals surface area contributed by atoms with Crippen LogP contribution in [0.3, 0.4) is 0 Å². The Morgan fingerprint density at radius 3 is 2.54 bits per heavy atom. The molecular formula is C17H18N4O3. The van der Waals surface area contributed by atoms with E-state index in [1.165, 1.54) is 0 Å². The molecule has 0 unspecified atom stereocenters. The Bertz CT molecular complexity index is 757. The van der Waals surface area contributed by atoms with Crippen LogP contribution < -0.4 is 4.74 Å². The van der Waals surface area contributed by atoms with Crippen LogP contribution in [0, 0.1) is 0 Å². The van der Waals surface area contributed by atoms with Gasteiger partial charge in [-0.05, 0) is 44.2 Å². The number of hydrogen-bond acceptors (Lipinski definition) is 7. The van der Waals surface area contributed by atoms with E-state index < -0.39 is 0 Å². The first kappa shape index (κ1) is 16.1. The van der Waals surface area contributed by atoms with Gasteiger partial charge < -0.3 is 14.0 Å². The number of benzene rings is 1. The van der Waals surface area contributed by atoms with E-state index >= 15 is 0 Å². The van der Waals surface area contributed by atoms with Gasteiger partial charge in [0.25, 0.3) is 0 Å². The van der Waals surface area contributed by atoms with E-state index in [1.807, 2.05) is 38.1 Å². The summed E-state index contributed by atoms with van der Waals surface area (Å²) in [5, 5.41) is 3.99. The summed E-state index contributed by atoms with van der Waals surface area (Å²) in [5.74, 6) is 1.74. The Hall–Kier alpha value is -2.80. The lowest BCUT2D eigenvalue weighted by Crippen LogP contribution is -2.06. The summed E-state index contributed by atoms with van der Waals surface area (Å²) in [5.41, 5.74) is 0.844. The van der Waals surface area contributed by atoms with E-state index in [0.29, 0.717) is 36.5 Å². The first-order chi connectivity index (χ1) is 11.7. The van der Waals surface area contributed by atoms with Gasteiger partial charge in [-0.25, -0.2) is 9.97 Å². The van der Waals surface area contributed by atoms with Gasteiger partial charge in [0.15, 0.2) is 0 Å². The summed E-state index contributed by atoms with van der Waals surface area (Å²) < 4.78 is 16.3. The van der Waals surface area contributed by atoms with Crippen molar-refractivity contribution in [1.82, 2.24) is 20.1 Å². The van der Waals surface area contributed by atoms with Crippen molar-refractivity contribution < 1.29 is 14.0 Å². The summed E-state index contributed by atoms with van der Waals surface area (Å²) in [6.07, 6.45) is 4.03. The second-order valence-electron chi connectivity index (χ2n) is 5.34. The van der Waals surface area contributed by atoms with E-state index in [1.54, 1.807) is 18.5 Å². The maximum absolute atomic E-state index is 5.55. The van der Waals surface area contributed by atoms with Crippen LogP contribution in [-0.2, 0) is 11.2 Å². The van der Waals surface area contributed by atoms with Crippen LogP contribution in [0.5, 0.6) is 11.8 Å². The summed E-state index contributed by atoms with van der Waals surface area (Å²) >= 11 is 0. The molecule has 2 aromatic heterocycles.